The molecule has 0 N–H and O–H groups in total. The molecule has 2 aromatic heterocycles. The summed E-state index contributed by atoms with van der Waals surface area (Å²) in [7, 11) is 0. The molecular weight excluding hydrogens is 386 g/mol. The van der Waals surface area contributed by atoms with Crippen LogP contribution in [0.25, 0.3) is 0 Å². The van der Waals surface area contributed by atoms with Crippen LogP contribution in [0.4, 0.5) is 0 Å². The number of amides is 1. The topological polar surface area (TPSA) is 63.9 Å². The summed E-state index contributed by atoms with van der Waals surface area (Å²) >= 11 is 6.05. The van der Waals surface area contributed by atoms with Gasteiger partial charge in [-0.3, -0.25) is 9.78 Å². The van der Waals surface area contributed by atoms with Gasteiger partial charge in [0.2, 0.25) is 0 Å². The number of nitrogens with zero attached hydrogens (tertiary/aromatic N) is 5. The third kappa shape index (κ3) is 5.01. The van der Waals surface area contributed by atoms with Crippen molar-refractivity contribution in [1.82, 2.24) is 24.9 Å². The van der Waals surface area contributed by atoms with Crippen molar-refractivity contribution < 1.29 is 4.79 Å². The zero-order valence-corrected chi connectivity index (χ0v) is 17.0. The van der Waals surface area contributed by atoms with Gasteiger partial charge in [-0.05, 0) is 61.9 Å². The van der Waals surface area contributed by atoms with Gasteiger partial charge in [-0.2, -0.15) is 0 Å². The lowest BCUT2D eigenvalue weighted by Gasteiger charge is -2.35. The summed E-state index contributed by atoms with van der Waals surface area (Å²) in [4.78, 5) is 19.5. The van der Waals surface area contributed by atoms with E-state index in [0.717, 1.165) is 49.9 Å². The highest BCUT2D eigenvalue weighted by Gasteiger charge is 2.29. The number of carbonyl (C=O) groups is 1. The van der Waals surface area contributed by atoms with Crippen LogP contribution >= 0.6 is 11.6 Å². The van der Waals surface area contributed by atoms with Gasteiger partial charge < -0.3 is 4.90 Å². The number of likely N-dealkylation sites (tertiary alicyclic amines) is 1. The monoisotopic (exact) mass is 409 g/mol. The highest BCUT2D eigenvalue weighted by Crippen LogP contribution is 2.23. The number of piperidine rings is 1. The van der Waals surface area contributed by atoms with Crippen LogP contribution in [0.2, 0.25) is 5.02 Å². The van der Waals surface area contributed by atoms with Gasteiger partial charge in [0.1, 0.15) is 0 Å². The normalized spacial score (nSPS) is 16.7. The quantitative estimate of drug-likeness (QED) is 0.617. The van der Waals surface area contributed by atoms with Gasteiger partial charge in [-0.25, -0.2) is 4.68 Å². The van der Waals surface area contributed by atoms with Gasteiger partial charge in [-0.1, -0.05) is 35.0 Å². The van der Waals surface area contributed by atoms with Crippen molar-refractivity contribution in [3.05, 3.63) is 76.8 Å². The van der Waals surface area contributed by atoms with Crippen LogP contribution in [0.3, 0.4) is 0 Å². The molecule has 1 unspecified atom stereocenters. The molecule has 0 spiro atoms. The zero-order valence-electron chi connectivity index (χ0n) is 16.2. The number of hydrogen-bond donors (Lipinski definition) is 0. The van der Waals surface area contributed by atoms with Gasteiger partial charge in [0.05, 0.1) is 12.7 Å². The summed E-state index contributed by atoms with van der Waals surface area (Å²) in [5, 5.41) is 8.96. The number of halogens is 1. The average molecular weight is 410 g/mol. The van der Waals surface area contributed by atoms with Crippen molar-refractivity contribution in [3.63, 3.8) is 0 Å². The van der Waals surface area contributed by atoms with Crippen molar-refractivity contribution in [2.24, 2.45) is 0 Å². The predicted molar refractivity (Wildman–Crippen MR) is 112 cm³/mol. The first-order valence-corrected chi connectivity index (χ1v) is 10.4. The Morgan fingerprint density at radius 3 is 2.93 bits per heavy atom. The summed E-state index contributed by atoms with van der Waals surface area (Å²) in [5.74, 6) is -0.0342. The van der Waals surface area contributed by atoms with Crippen LogP contribution in [0, 0.1) is 0 Å². The van der Waals surface area contributed by atoms with Crippen LogP contribution in [-0.2, 0) is 13.0 Å². The third-order valence-corrected chi connectivity index (χ3v) is 5.57. The molecule has 7 heteroatoms. The number of hydrogen-bond acceptors (Lipinski definition) is 4. The second-order valence-corrected chi connectivity index (χ2v) is 7.88. The highest BCUT2D eigenvalue weighted by atomic mass is 35.5. The second-order valence-electron chi connectivity index (χ2n) is 7.44. The molecule has 6 nitrogen and oxygen atoms in total. The SMILES string of the molecule is O=C(c1cn(Cc2cccc(Cl)c2)nn1)N1CCCCC1CCc1ccccn1. The van der Waals surface area contributed by atoms with Gasteiger partial charge in [0, 0.05) is 29.5 Å². The third-order valence-electron chi connectivity index (χ3n) is 5.34. The number of rotatable bonds is 6. The maximum Gasteiger partial charge on any atom is 0.276 e. The molecule has 0 aliphatic carbocycles. The first kappa shape index (κ1) is 19.6. The highest BCUT2D eigenvalue weighted by molar-refractivity contribution is 6.30. The Hall–Kier alpha value is -2.73. The second kappa shape index (κ2) is 9.18. The number of carbonyl (C=O) groups excluding carboxylic acids is 1. The van der Waals surface area contributed by atoms with Gasteiger partial charge in [0.15, 0.2) is 5.69 Å². The molecule has 1 amide bonds. The van der Waals surface area contributed by atoms with Crippen LogP contribution < -0.4 is 0 Å². The van der Waals surface area contributed by atoms with E-state index in [4.69, 9.17) is 11.6 Å². The lowest BCUT2D eigenvalue weighted by Crippen LogP contribution is -2.44. The van der Waals surface area contributed by atoms with Crippen LogP contribution in [0.15, 0.2) is 54.9 Å². The molecule has 29 heavy (non-hydrogen) atoms. The molecule has 150 valence electrons. The van der Waals surface area contributed by atoms with Crippen molar-refractivity contribution in [3.8, 4) is 0 Å². The zero-order chi connectivity index (χ0) is 20.1. The van der Waals surface area contributed by atoms with E-state index in [1.54, 1.807) is 10.9 Å². The maximum absolute atomic E-state index is 13.1. The van der Waals surface area contributed by atoms with Crippen molar-refractivity contribution in [2.45, 2.75) is 44.7 Å². The Morgan fingerprint density at radius 2 is 2.10 bits per heavy atom. The fraction of sp³-hybridized carbons (Fsp3) is 0.364. The molecular formula is C22H24ClN5O. The molecule has 0 radical (unpaired) electrons. The minimum atomic E-state index is -0.0342. The smallest absolute Gasteiger partial charge is 0.276 e. The van der Waals surface area contributed by atoms with E-state index >= 15 is 0 Å². The van der Waals surface area contributed by atoms with Crippen LogP contribution in [0.5, 0.6) is 0 Å². The fourth-order valence-corrected chi connectivity index (χ4v) is 4.08. The Labute approximate surface area is 175 Å². The standard InChI is InChI=1S/C22H24ClN5O/c23-18-7-5-6-17(14-18)15-27-16-21(25-26-27)22(29)28-13-4-2-9-20(28)11-10-19-8-1-3-12-24-19/h1,3,5-8,12,14,16,20H,2,4,9-11,13,15H2. The van der Waals surface area contributed by atoms with E-state index in [1.807, 2.05) is 53.6 Å². The number of aryl methyl sites for hydroxylation is 1. The molecule has 1 aromatic carbocycles. The first-order chi connectivity index (χ1) is 14.2. The summed E-state index contributed by atoms with van der Waals surface area (Å²) in [5.41, 5.74) is 2.49. The lowest BCUT2D eigenvalue weighted by atomic mass is 9.96. The molecule has 0 saturated carbocycles. The Bertz CT molecular complexity index is 959. The van der Waals surface area contributed by atoms with E-state index in [-0.39, 0.29) is 11.9 Å². The Balaban J connectivity index is 1.42. The maximum atomic E-state index is 13.1. The number of benzene rings is 1. The van der Waals surface area contributed by atoms with Crippen molar-refractivity contribution in [1.29, 1.82) is 0 Å². The Kier molecular flexibility index (Phi) is 6.20. The number of aromatic nitrogens is 4. The summed E-state index contributed by atoms with van der Waals surface area (Å²) in [6.45, 7) is 1.30. The largest absolute Gasteiger partial charge is 0.334 e. The fourth-order valence-electron chi connectivity index (χ4n) is 3.87. The minimum absolute atomic E-state index is 0.0342. The molecule has 0 bridgehead atoms. The molecule has 4 rings (SSSR count). The minimum Gasteiger partial charge on any atom is -0.334 e. The summed E-state index contributed by atoms with van der Waals surface area (Å²) < 4.78 is 1.69. The van der Waals surface area contributed by atoms with Gasteiger partial charge >= 0.3 is 0 Å². The lowest BCUT2D eigenvalue weighted by molar-refractivity contribution is 0.0595. The van der Waals surface area contributed by atoms with E-state index < -0.39 is 0 Å². The van der Waals surface area contributed by atoms with E-state index in [1.165, 1.54) is 0 Å². The first-order valence-electron chi connectivity index (χ1n) is 10.0. The molecule has 1 aliphatic heterocycles. The van der Waals surface area contributed by atoms with E-state index in [0.29, 0.717) is 17.3 Å². The Morgan fingerprint density at radius 1 is 1.17 bits per heavy atom. The van der Waals surface area contributed by atoms with E-state index in [2.05, 4.69) is 15.3 Å². The molecule has 1 fully saturated rings. The number of pyridine rings is 1. The summed E-state index contributed by atoms with van der Waals surface area (Å²) in [6, 6.07) is 13.8. The molecule has 3 heterocycles. The van der Waals surface area contributed by atoms with Gasteiger partial charge in [0.25, 0.3) is 5.91 Å². The molecule has 1 aliphatic rings. The van der Waals surface area contributed by atoms with Crippen LogP contribution in [0.1, 0.15) is 47.4 Å². The van der Waals surface area contributed by atoms with Gasteiger partial charge in [-0.15, -0.1) is 5.10 Å². The predicted octanol–water partition coefficient (Wildman–Crippen LogP) is 4.00. The van der Waals surface area contributed by atoms with Crippen LogP contribution in [-0.4, -0.2) is 43.4 Å². The molecule has 3 aromatic rings. The molecule has 1 atom stereocenters. The average Bonchev–Trinajstić information content (AvgIpc) is 3.21. The summed E-state index contributed by atoms with van der Waals surface area (Å²) in [6.07, 6.45) is 8.54. The van der Waals surface area contributed by atoms with Crippen molar-refractivity contribution in [2.75, 3.05) is 6.54 Å². The molecule has 1 saturated heterocycles. The van der Waals surface area contributed by atoms with E-state index in [9.17, 15) is 4.79 Å². The van der Waals surface area contributed by atoms with Crippen molar-refractivity contribution >= 4 is 17.5 Å².